The second kappa shape index (κ2) is 8.20. The topological polar surface area (TPSA) is 39.1 Å². The van der Waals surface area contributed by atoms with Gasteiger partial charge in [-0.2, -0.15) is 5.10 Å². The number of unbranched alkanes of at least 4 members (excludes halogenated alkanes) is 1. The van der Waals surface area contributed by atoms with Crippen LogP contribution < -0.4 is 10.1 Å². The number of hydrogen-bond donors (Lipinski definition) is 1. The molecule has 0 aliphatic rings. The first-order chi connectivity index (χ1) is 9.15. The van der Waals surface area contributed by atoms with Gasteiger partial charge in [-0.3, -0.25) is 4.68 Å². The maximum absolute atomic E-state index is 5.49. The predicted octanol–water partition coefficient (Wildman–Crippen LogP) is 3.70. The summed E-state index contributed by atoms with van der Waals surface area (Å²) in [6, 6.07) is 0.686. The maximum Gasteiger partial charge on any atom is 0.161 e. The van der Waals surface area contributed by atoms with Gasteiger partial charge in [-0.15, -0.1) is 0 Å². The zero-order valence-electron chi connectivity index (χ0n) is 13.1. The number of rotatable bonds is 9. The standard InChI is InChI=1S/C15H29N3O/c1-6-8-9-13(16-10-7-2)15-14(19-5)11-17-18(15)12(3)4/h11-13,16H,6-10H2,1-5H3. The van der Waals surface area contributed by atoms with Gasteiger partial charge in [0.1, 0.15) is 0 Å². The number of aromatic nitrogens is 2. The average molecular weight is 267 g/mol. The minimum Gasteiger partial charge on any atom is -0.493 e. The molecule has 1 atom stereocenters. The number of methoxy groups -OCH3 is 1. The van der Waals surface area contributed by atoms with E-state index in [1.165, 1.54) is 18.5 Å². The van der Waals surface area contributed by atoms with Gasteiger partial charge >= 0.3 is 0 Å². The van der Waals surface area contributed by atoms with Crippen LogP contribution in [0.4, 0.5) is 0 Å². The number of nitrogens with one attached hydrogen (secondary N) is 1. The third-order valence-corrected chi connectivity index (χ3v) is 3.32. The van der Waals surface area contributed by atoms with Crippen molar-refractivity contribution in [3.8, 4) is 5.75 Å². The van der Waals surface area contributed by atoms with Crippen molar-refractivity contribution in [2.24, 2.45) is 0 Å². The lowest BCUT2D eigenvalue weighted by atomic mass is 10.1. The van der Waals surface area contributed by atoms with Crippen LogP contribution in [0.5, 0.6) is 5.75 Å². The molecule has 1 heterocycles. The molecule has 0 aromatic carbocycles. The van der Waals surface area contributed by atoms with Gasteiger partial charge in [0.15, 0.2) is 5.75 Å². The van der Waals surface area contributed by atoms with Crippen LogP contribution in [-0.4, -0.2) is 23.4 Å². The maximum atomic E-state index is 5.49. The van der Waals surface area contributed by atoms with Gasteiger partial charge < -0.3 is 10.1 Å². The van der Waals surface area contributed by atoms with Gasteiger partial charge in [0.05, 0.1) is 25.0 Å². The molecule has 4 nitrogen and oxygen atoms in total. The van der Waals surface area contributed by atoms with Crippen molar-refractivity contribution in [3.63, 3.8) is 0 Å². The van der Waals surface area contributed by atoms with E-state index in [9.17, 15) is 0 Å². The SMILES string of the molecule is CCCCC(NCCC)c1c(OC)cnn1C(C)C. The summed E-state index contributed by atoms with van der Waals surface area (Å²) in [5, 5.41) is 8.11. The molecule has 0 fully saturated rings. The van der Waals surface area contributed by atoms with Crippen molar-refractivity contribution in [1.29, 1.82) is 0 Å². The number of hydrogen-bond acceptors (Lipinski definition) is 3. The summed E-state index contributed by atoms with van der Waals surface area (Å²) in [6.45, 7) is 9.77. The smallest absolute Gasteiger partial charge is 0.161 e. The van der Waals surface area contributed by atoms with Gasteiger partial charge in [0, 0.05) is 6.04 Å². The van der Waals surface area contributed by atoms with E-state index < -0.39 is 0 Å². The summed E-state index contributed by atoms with van der Waals surface area (Å²) in [5.74, 6) is 0.901. The van der Waals surface area contributed by atoms with E-state index in [0.29, 0.717) is 12.1 Å². The summed E-state index contributed by atoms with van der Waals surface area (Å²) in [5.41, 5.74) is 1.19. The Bertz CT molecular complexity index is 352. The second-order valence-electron chi connectivity index (χ2n) is 5.29. The summed E-state index contributed by atoms with van der Waals surface area (Å²) in [4.78, 5) is 0. The van der Waals surface area contributed by atoms with Crippen LogP contribution in [0.1, 0.15) is 71.2 Å². The Hall–Kier alpha value is -1.03. The fourth-order valence-corrected chi connectivity index (χ4v) is 2.32. The largest absolute Gasteiger partial charge is 0.493 e. The first-order valence-electron chi connectivity index (χ1n) is 7.50. The first kappa shape index (κ1) is 16.0. The van der Waals surface area contributed by atoms with E-state index in [0.717, 1.165) is 25.1 Å². The average Bonchev–Trinajstić information content (AvgIpc) is 2.83. The molecule has 0 amide bonds. The van der Waals surface area contributed by atoms with E-state index in [-0.39, 0.29) is 0 Å². The van der Waals surface area contributed by atoms with E-state index in [4.69, 9.17) is 4.74 Å². The van der Waals surface area contributed by atoms with Crippen LogP contribution in [0.3, 0.4) is 0 Å². The Morgan fingerprint density at radius 3 is 2.58 bits per heavy atom. The lowest BCUT2D eigenvalue weighted by Crippen LogP contribution is -2.26. The third kappa shape index (κ3) is 4.23. The van der Waals surface area contributed by atoms with Crippen LogP contribution in [0, 0.1) is 0 Å². The molecule has 1 unspecified atom stereocenters. The fourth-order valence-electron chi connectivity index (χ4n) is 2.32. The monoisotopic (exact) mass is 267 g/mol. The molecule has 0 saturated heterocycles. The van der Waals surface area contributed by atoms with Crippen LogP contribution in [0.15, 0.2) is 6.20 Å². The molecular formula is C15H29N3O. The Kier molecular flexibility index (Phi) is 6.92. The lowest BCUT2D eigenvalue weighted by molar-refractivity contribution is 0.373. The molecule has 0 aliphatic carbocycles. The zero-order valence-corrected chi connectivity index (χ0v) is 13.1. The molecule has 0 saturated carbocycles. The van der Waals surface area contributed by atoms with E-state index in [2.05, 4.69) is 42.8 Å². The van der Waals surface area contributed by atoms with Crippen molar-refractivity contribution in [2.75, 3.05) is 13.7 Å². The highest BCUT2D eigenvalue weighted by atomic mass is 16.5. The van der Waals surface area contributed by atoms with Gasteiger partial charge in [-0.25, -0.2) is 0 Å². The summed E-state index contributed by atoms with van der Waals surface area (Å²) >= 11 is 0. The van der Waals surface area contributed by atoms with Gasteiger partial charge in [-0.1, -0.05) is 26.7 Å². The minimum absolute atomic E-state index is 0.333. The summed E-state index contributed by atoms with van der Waals surface area (Å²) < 4.78 is 7.58. The molecule has 1 N–H and O–H groups in total. The van der Waals surface area contributed by atoms with Gasteiger partial charge in [0.2, 0.25) is 0 Å². The number of ether oxygens (including phenoxy) is 1. The van der Waals surface area contributed by atoms with Crippen LogP contribution in [0.25, 0.3) is 0 Å². The molecule has 0 spiro atoms. The van der Waals surface area contributed by atoms with Crippen LogP contribution >= 0.6 is 0 Å². The predicted molar refractivity (Wildman–Crippen MR) is 79.7 cm³/mol. The highest BCUT2D eigenvalue weighted by Crippen LogP contribution is 2.30. The highest BCUT2D eigenvalue weighted by molar-refractivity contribution is 5.28. The van der Waals surface area contributed by atoms with Crippen LogP contribution in [-0.2, 0) is 0 Å². The zero-order chi connectivity index (χ0) is 14.3. The summed E-state index contributed by atoms with van der Waals surface area (Å²) in [6.07, 6.45) is 6.53. The lowest BCUT2D eigenvalue weighted by Gasteiger charge is -2.22. The Balaban J connectivity index is 2.99. The quantitative estimate of drug-likeness (QED) is 0.741. The van der Waals surface area contributed by atoms with Crippen molar-refractivity contribution >= 4 is 0 Å². The van der Waals surface area contributed by atoms with E-state index in [1.807, 2.05) is 6.20 Å². The Morgan fingerprint density at radius 2 is 2.05 bits per heavy atom. The van der Waals surface area contributed by atoms with Crippen LogP contribution in [0.2, 0.25) is 0 Å². The highest BCUT2D eigenvalue weighted by Gasteiger charge is 2.22. The van der Waals surface area contributed by atoms with Crippen molar-refractivity contribution in [3.05, 3.63) is 11.9 Å². The molecule has 4 heteroatoms. The third-order valence-electron chi connectivity index (χ3n) is 3.32. The number of nitrogens with zero attached hydrogens (tertiary/aromatic N) is 2. The normalized spacial score (nSPS) is 12.9. The van der Waals surface area contributed by atoms with E-state index >= 15 is 0 Å². The van der Waals surface area contributed by atoms with Crippen molar-refractivity contribution in [2.45, 2.75) is 65.5 Å². The molecule has 110 valence electrons. The Morgan fingerprint density at radius 1 is 1.32 bits per heavy atom. The van der Waals surface area contributed by atoms with Crippen molar-refractivity contribution < 1.29 is 4.74 Å². The molecule has 0 aliphatic heterocycles. The molecule has 0 bridgehead atoms. The Labute approximate surface area is 117 Å². The first-order valence-corrected chi connectivity index (χ1v) is 7.50. The molecule has 1 aromatic rings. The molecule has 0 radical (unpaired) electrons. The molecule has 1 aromatic heterocycles. The summed E-state index contributed by atoms with van der Waals surface area (Å²) in [7, 11) is 1.72. The van der Waals surface area contributed by atoms with Gasteiger partial charge in [-0.05, 0) is 33.2 Å². The van der Waals surface area contributed by atoms with Crippen molar-refractivity contribution in [1.82, 2.24) is 15.1 Å². The fraction of sp³-hybridized carbons (Fsp3) is 0.800. The minimum atomic E-state index is 0.333. The van der Waals surface area contributed by atoms with E-state index in [1.54, 1.807) is 7.11 Å². The molecular weight excluding hydrogens is 238 g/mol. The van der Waals surface area contributed by atoms with Gasteiger partial charge in [0.25, 0.3) is 0 Å². The molecule has 1 rings (SSSR count). The second-order valence-corrected chi connectivity index (χ2v) is 5.29. The molecule has 19 heavy (non-hydrogen) atoms.